The van der Waals surface area contributed by atoms with Crippen molar-refractivity contribution in [3.8, 4) is 11.5 Å². The summed E-state index contributed by atoms with van der Waals surface area (Å²) >= 11 is 0. The molecule has 0 bridgehead atoms. The molecule has 0 aliphatic carbocycles. The van der Waals surface area contributed by atoms with E-state index in [9.17, 15) is 9.59 Å². The quantitative estimate of drug-likeness (QED) is 0.401. The Morgan fingerprint density at radius 2 is 1.88 bits per heavy atom. The number of aromatic nitrogens is 4. The Hall–Kier alpha value is -4.21. The number of nitrogens with one attached hydrogen (secondary N) is 1. The average molecular weight is 434 g/mol. The van der Waals surface area contributed by atoms with E-state index in [1.54, 1.807) is 11.5 Å². The molecule has 4 rings (SSSR count). The Morgan fingerprint density at radius 1 is 1.12 bits per heavy atom. The molecule has 2 aromatic carbocycles. The highest BCUT2D eigenvalue weighted by Crippen LogP contribution is 2.26. The molecule has 2 heterocycles. The number of nitrogens with zero attached hydrogens (tertiary/aromatic N) is 4. The largest absolute Gasteiger partial charge is 0.464 e. The van der Waals surface area contributed by atoms with E-state index < -0.39 is 17.9 Å². The van der Waals surface area contributed by atoms with Crippen LogP contribution in [0.15, 0.2) is 59.2 Å². The number of nitrogens with two attached hydrogens (primary N) is 1. The van der Waals surface area contributed by atoms with Gasteiger partial charge in [-0.05, 0) is 34.9 Å². The number of rotatable bonds is 8. The number of esters is 1. The van der Waals surface area contributed by atoms with Crippen molar-refractivity contribution >= 4 is 28.7 Å². The predicted molar refractivity (Wildman–Crippen MR) is 116 cm³/mol. The second-order valence-corrected chi connectivity index (χ2v) is 7.07. The number of nitrogen functional groups attached to an aromatic ring is 1. The highest BCUT2D eigenvalue weighted by Gasteiger charge is 2.25. The van der Waals surface area contributed by atoms with E-state index in [4.69, 9.17) is 15.1 Å². The van der Waals surface area contributed by atoms with Gasteiger partial charge in [0.15, 0.2) is 17.3 Å². The monoisotopic (exact) mass is 434 g/mol. The summed E-state index contributed by atoms with van der Waals surface area (Å²) in [6, 6.07) is 15.9. The molecule has 164 valence electrons. The fourth-order valence-corrected chi connectivity index (χ4v) is 3.44. The summed E-state index contributed by atoms with van der Waals surface area (Å²) in [5.41, 5.74) is 8.35. The highest BCUT2D eigenvalue weighted by molar-refractivity contribution is 5.87. The van der Waals surface area contributed by atoms with Gasteiger partial charge in [0.2, 0.25) is 5.91 Å². The number of benzene rings is 2. The Labute approximate surface area is 183 Å². The van der Waals surface area contributed by atoms with Crippen molar-refractivity contribution in [2.75, 3.05) is 12.3 Å². The molecule has 0 spiro atoms. The standard InChI is InChI=1S/C22H22N6O4/c1-2-31-22(30)16(12-14-8-4-3-5-9-14)24-18(29)13-28-17-11-7-6-10-15(17)25-21(28)19-20(23)27-32-26-19/h3-11,16H,2,12-13H2,1H3,(H2,23,27)(H,24,29)/t16-/m1/s1. The van der Waals surface area contributed by atoms with Crippen molar-refractivity contribution < 1.29 is 19.0 Å². The van der Waals surface area contributed by atoms with Crippen molar-refractivity contribution in [2.24, 2.45) is 0 Å². The minimum Gasteiger partial charge on any atom is -0.464 e. The molecule has 1 amide bonds. The molecule has 0 aliphatic heterocycles. The first-order chi connectivity index (χ1) is 15.6. The molecular weight excluding hydrogens is 412 g/mol. The molecule has 0 fully saturated rings. The van der Waals surface area contributed by atoms with Crippen LogP contribution in [0.4, 0.5) is 5.82 Å². The van der Waals surface area contributed by atoms with E-state index in [0.29, 0.717) is 23.3 Å². The molecule has 4 aromatic rings. The number of anilines is 1. The fourth-order valence-electron chi connectivity index (χ4n) is 3.44. The lowest BCUT2D eigenvalue weighted by molar-refractivity contribution is -0.147. The number of para-hydroxylation sites is 2. The Morgan fingerprint density at radius 3 is 2.59 bits per heavy atom. The number of hydrogen-bond donors (Lipinski definition) is 2. The molecule has 1 atom stereocenters. The molecule has 0 radical (unpaired) electrons. The Bertz CT molecular complexity index is 1230. The Balaban J connectivity index is 1.61. The van der Waals surface area contributed by atoms with Gasteiger partial charge in [-0.25, -0.2) is 14.4 Å². The van der Waals surface area contributed by atoms with Crippen molar-refractivity contribution in [3.63, 3.8) is 0 Å². The van der Waals surface area contributed by atoms with E-state index in [-0.39, 0.29) is 24.7 Å². The fraction of sp³-hybridized carbons (Fsp3) is 0.227. The van der Waals surface area contributed by atoms with E-state index in [0.717, 1.165) is 5.56 Å². The highest BCUT2D eigenvalue weighted by atomic mass is 16.6. The molecule has 3 N–H and O–H groups in total. The van der Waals surface area contributed by atoms with Gasteiger partial charge < -0.3 is 20.4 Å². The minimum absolute atomic E-state index is 0.0652. The molecule has 0 saturated carbocycles. The second-order valence-electron chi connectivity index (χ2n) is 7.07. The van der Waals surface area contributed by atoms with Crippen LogP contribution in [0, 0.1) is 0 Å². The minimum atomic E-state index is -0.832. The summed E-state index contributed by atoms with van der Waals surface area (Å²) in [6.07, 6.45) is 0.309. The number of hydrogen-bond acceptors (Lipinski definition) is 8. The molecule has 2 aromatic heterocycles. The summed E-state index contributed by atoms with van der Waals surface area (Å²) in [7, 11) is 0. The topological polar surface area (TPSA) is 138 Å². The maximum Gasteiger partial charge on any atom is 0.328 e. The summed E-state index contributed by atoms with van der Waals surface area (Å²) in [5, 5.41) is 10.2. The van der Waals surface area contributed by atoms with Gasteiger partial charge in [-0.3, -0.25) is 4.79 Å². The third-order valence-electron chi connectivity index (χ3n) is 4.87. The predicted octanol–water partition coefficient (Wildman–Crippen LogP) is 1.96. The molecule has 32 heavy (non-hydrogen) atoms. The lowest BCUT2D eigenvalue weighted by atomic mass is 10.1. The number of imidazole rings is 1. The summed E-state index contributed by atoms with van der Waals surface area (Å²) in [5.74, 6) is -0.477. The van der Waals surface area contributed by atoms with Crippen LogP contribution in [0.25, 0.3) is 22.6 Å². The number of carbonyl (C=O) groups is 2. The second kappa shape index (κ2) is 9.29. The number of ether oxygens (including phenoxy) is 1. The van der Waals surface area contributed by atoms with Crippen molar-refractivity contribution in [2.45, 2.75) is 25.9 Å². The van der Waals surface area contributed by atoms with Crippen LogP contribution in [0.5, 0.6) is 0 Å². The molecule has 0 unspecified atom stereocenters. The van der Waals surface area contributed by atoms with Gasteiger partial charge in [-0.1, -0.05) is 42.5 Å². The van der Waals surface area contributed by atoms with Gasteiger partial charge in [0, 0.05) is 6.42 Å². The first-order valence-electron chi connectivity index (χ1n) is 10.1. The average Bonchev–Trinajstić information content (AvgIpc) is 3.37. The first-order valence-corrected chi connectivity index (χ1v) is 10.1. The maximum absolute atomic E-state index is 13.0. The Kier molecular flexibility index (Phi) is 6.11. The van der Waals surface area contributed by atoms with Crippen LogP contribution in [0.3, 0.4) is 0 Å². The number of amides is 1. The zero-order valence-corrected chi connectivity index (χ0v) is 17.4. The van der Waals surface area contributed by atoms with Crippen molar-refractivity contribution in [3.05, 3.63) is 60.2 Å². The normalized spacial score (nSPS) is 11.9. The lowest BCUT2D eigenvalue weighted by Gasteiger charge is -2.18. The van der Waals surface area contributed by atoms with Crippen LogP contribution in [-0.4, -0.2) is 44.4 Å². The SMILES string of the molecule is CCOC(=O)[C@@H](Cc1ccccc1)NC(=O)Cn1c(-c2nonc2N)nc2ccccc21. The van der Waals surface area contributed by atoms with Gasteiger partial charge in [0.25, 0.3) is 0 Å². The van der Waals surface area contributed by atoms with Crippen LogP contribution in [0.1, 0.15) is 12.5 Å². The third kappa shape index (κ3) is 4.43. The van der Waals surface area contributed by atoms with Crippen molar-refractivity contribution in [1.29, 1.82) is 0 Å². The zero-order valence-electron chi connectivity index (χ0n) is 17.4. The van der Waals surface area contributed by atoms with Gasteiger partial charge in [0.1, 0.15) is 12.6 Å². The van der Waals surface area contributed by atoms with Crippen molar-refractivity contribution in [1.82, 2.24) is 25.2 Å². The molecule has 0 aliphatic rings. The zero-order chi connectivity index (χ0) is 22.5. The number of carbonyl (C=O) groups excluding carboxylic acids is 2. The lowest BCUT2D eigenvalue weighted by Crippen LogP contribution is -2.44. The molecule has 10 heteroatoms. The molecular formula is C22H22N6O4. The van der Waals surface area contributed by atoms with Crippen LogP contribution < -0.4 is 11.1 Å². The van der Waals surface area contributed by atoms with E-state index >= 15 is 0 Å². The van der Waals surface area contributed by atoms with E-state index in [1.807, 2.05) is 54.6 Å². The van der Waals surface area contributed by atoms with Gasteiger partial charge in [0.05, 0.1) is 17.6 Å². The van der Waals surface area contributed by atoms with Crippen LogP contribution in [0.2, 0.25) is 0 Å². The van der Waals surface area contributed by atoms with E-state index in [2.05, 4.69) is 20.6 Å². The number of fused-ring (bicyclic) bond motifs is 1. The summed E-state index contributed by atoms with van der Waals surface area (Å²) < 4.78 is 11.5. The van der Waals surface area contributed by atoms with Gasteiger partial charge in [-0.15, -0.1) is 0 Å². The maximum atomic E-state index is 13.0. The smallest absolute Gasteiger partial charge is 0.328 e. The van der Waals surface area contributed by atoms with Crippen LogP contribution in [-0.2, 0) is 27.3 Å². The third-order valence-corrected chi connectivity index (χ3v) is 4.87. The van der Waals surface area contributed by atoms with Crippen LogP contribution >= 0.6 is 0 Å². The summed E-state index contributed by atoms with van der Waals surface area (Å²) in [6.45, 7) is 1.82. The summed E-state index contributed by atoms with van der Waals surface area (Å²) in [4.78, 5) is 30.0. The molecule has 10 nitrogen and oxygen atoms in total. The first kappa shape index (κ1) is 21.0. The molecule has 0 saturated heterocycles. The van der Waals surface area contributed by atoms with Gasteiger partial charge in [-0.2, -0.15) is 0 Å². The van der Waals surface area contributed by atoms with E-state index in [1.165, 1.54) is 0 Å². The van der Waals surface area contributed by atoms with Gasteiger partial charge >= 0.3 is 5.97 Å².